The molecule has 1 aliphatic rings. The monoisotopic (exact) mass is 347 g/mol. The first kappa shape index (κ1) is 19.3. The molecule has 1 amide bonds. The number of carbonyl (C=O) groups is 2. The lowest BCUT2D eigenvalue weighted by atomic mass is 9.77. The summed E-state index contributed by atoms with van der Waals surface area (Å²) >= 11 is 0. The Morgan fingerprint density at radius 3 is 2.72 bits per heavy atom. The summed E-state index contributed by atoms with van der Waals surface area (Å²) in [5.41, 5.74) is 1.52. The molecule has 2 unspecified atom stereocenters. The summed E-state index contributed by atoms with van der Waals surface area (Å²) in [6, 6.07) is 8.07. The average molecular weight is 347 g/mol. The normalized spacial score (nSPS) is 19.4. The van der Waals surface area contributed by atoms with Crippen LogP contribution in [0.1, 0.15) is 50.2 Å². The predicted octanol–water partition coefficient (Wildman–Crippen LogP) is 3.83. The first-order valence-electron chi connectivity index (χ1n) is 8.94. The van der Waals surface area contributed by atoms with E-state index in [0.29, 0.717) is 6.54 Å². The molecule has 5 heteroatoms. The van der Waals surface area contributed by atoms with Gasteiger partial charge in [0.2, 0.25) is 0 Å². The summed E-state index contributed by atoms with van der Waals surface area (Å²) in [4.78, 5) is 25.4. The van der Waals surface area contributed by atoms with E-state index in [1.165, 1.54) is 7.11 Å². The zero-order valence-electron chi connectivity index (χ0n) is 15.7. The van der Waals surface area contributed by atoms with Gasteiger partial charge in [-0.3, -0.25) is 4.79 Å². The smallest absolute Gasteiger partial charge is 0.409 e. The molecule has 5 nitrogen and oxygen atoms in total. The fraction of sp³-hybridized carbons (Fsp3) is 0.600. The van der Waals surface area contributed by atoms with Crippen LogP contribution in [-0.2, 0) is 19.7 Å². The molecular weight excluding hydrogens is 318 g/mol. The third-order valence-electron chi connectivity index (χ3n) is 5.05. The molecule has 0 spiro atoms. The molecule has 0 N–H and O–H groups in total. The third-order valence-corrected chi connectivity index (χ3v) is 5.05. The first-order chi connectivity index (χ1) is 11.9. The fourth-order valence-corrected chi connectivity index (χ4v) is 3.41. The number of aryl methyl sites for hydroxylation is 1. The molecule has 138 valence electrons. The zero-order chi connectivity index (χ0) is 18.4. The molecule has 1 aromatic rings. The van der Waals surface area contributed by atoms with E-state index in [2.05, 4.69) is 6.07 Å². The second-order valence-corrected chi connectivity index (χ2v) is 7.18. The maximum Gasteiger partial charge on any atom is 0.409 e. The SMILES string of the molecule is COC(=O)C(C)(CCCCCC1CN(C)C(=O)O1)c1cccc(C)c1. The number of hydrogen-bond acceptors (Lipinski definition) is 4. The summed E-state index contributed by atoms with van der Waals surface area (Å²) < 4.78 is 10.3. The van der Waals surface area contributed by atoms with Crippen molar-refractivity contribution >= 4 is 12.1 Å². The molecule has 0 bridgehead atoms. The van der Waals surface area contributed by atoms with Crippen molar-refractivity contribution in [2.24, 2.45) is 0 Å². The van der Waals surface area contributed by atoms with Gasteiger partial charge >= 0.3 is 12.1 Å². The van der Waals surface area contributed by atoms with Crippen LogP contribution < -0.4 is 0 Å². The van der Waals surface area contributed by atoms with E-state index >= 15 is 0 Å². The predicted molar refractivity (Wildman–Crippen MR) is 96.5 cm³/mol. The number of rotatable bonds is 8. The van der Waals surface area contributed by atoms with Gasteiger partial charge in [-0.2, -0.15) is 0 Å². The highest BCUT2D eigenvalue weighted by molar-refractivity contribution is 5.82. The molecule has 0 saturated carbocycles. The van der Waals surface area contributed by atoms with Crippen LogP contribution in [0.2, 0.25) is 0 Å². The molecule has 1 heterocycles. The van der Waals surface area contributed by atoms with E-state index < -0.39 is 5.41 Å². The Morgan fingerprint density at radius 1 is 1.36 bits per heavy atom. The minimum absolute atomic E-state index is 0.00117. The molecule has 2 atom stereocenters. The molecule has 1 fully saturated rings. The minimum atomic E-state index is -0.624. The number of methoxy groups -OCH3 is 1. The van der Waals surface area contributed by atoms with Crippen molar-refractivity contribution in [3.05, 3.63) is 35.4 Å². The lowest BCUT2D eigenvalue weighted by Gasteiger charge is -2.27. The number of benzene rings is 1. The van der Waals surface area contributed by atoms with E-state index in [1.807, 2.05) is 32.0 Å². The van der Waals surface area contributed by atoms with Crippen LogP contribution in [0.5, 0.6) is 0 Å². The van der Waals surface area contributed by atoms with E-state index in [-0.39, 0.29) is 18.2 Å². The van der Waals surface area contributed by atoms with Gasteiger partial charge in [0.25, 0.3) is 0 Å². The maximum absolute atomic E-state index is 12.4. The van der Waals surface area contributed by atoms with Crippen LogP contribution in [0, 0.1) is 6.92 Å². The van der Waals surface area contributed by atoms with Crippen molar-refractivity contribution in [3.63, 3.8) is 0 Å². The molecule has 0 radical (unpaired) electrons. The van der Waals surface area contributed by atoms with Crippen molar-refractivity contribution in [1.82, 2.24) is 4.90 Å². The van der Waals surface area contributed by atoms with Crippen molar-refractivity contribution in [1.29, 1.82) is 0 Å². The fourth-order valence-electron chi connectivity index (χ4n) is 3.41. The van der Waals surface area contributed by atoms with Crippen molar-refractivity contribution in [2.75, 3.05) is 20.7 Å². The summed E-state index contributed by atoms with van der Waals surface area (Å²) in [5.74, 6) is -0.190. The number of nitrogens with zero attached hydrogens (tertiary/aromatic N) is 1. The number of likely N-dealkylation sites (N-methyl/N-ethyl adjacent to an activating group) is 1. The van der Waals surface area contributed by atoms with Gasteiger partial charge < -0.3 is 14.4 Å². The van der Waals surface area contributed by atoms with Gasteiger partial charge in [-0.15, -0.1) is 0 Å². The van der Waals surface area contributed by atoms with Gasteiger partial charge in [0.15, 0.2) is 0 Å². The van der Waals surface area contributed by atoms with Crippen LogP contribution in [0.15, 0.2) is 24.3 Å². The number of hydrogen-bond donors (Lipinski definition) is 0. The van der Waals surface area contributed by atoms with Crippen molar-refractivity contribution in [2.45, 2.75) is 57.5 Å². The second kappa shape index (κ2) is 8.37. The number of esters is 1. The number of carbonyl (C=O) groups excluding carboxylic acids is 2. The van der Waals surface area contributed by atoms with Gasteiger partial charge in [0, 0.05) is 7.05 Å². The van der Waals surface area contributed by atoms with E-state index in [9.17, 15) is 9.59 Å². The van der Waals surface area contributed by atoms with E-state index in [0.717, 1.165) is 43.2 Å². The molecule has 25 heavy (non-hydrogen) atoms. The number of cyclic esters (lactones) is 1. The number of amides is 1. The molecule has 0 aromatic heterocycles. The average Bonchev–Trinajstić information content (AvgIpc) is 2.91. The largest absolute Gasteiger partial charge is 0.468 e. The second-order valence-electron chi connectivity index (χ2n) is 7.18. The molecular formula is C20H29NO4. The Kier molecular flexibility index (Phi) is 6.45. The molecule has 0 aliphatic carbocycles. The van der Waals surface area contributed by atoms with Gasteiger partial charge in [-0.25, -0.2) is 4.79 Å². The highest BCUT2D eigenvalue weighted by atomic mass is 16.6. The number of unbranched alkanes of at least 4 members (excludes halogenated alkanes) is 2. The lowest BCUT2D eigenvalue weighted by molar-refractivity contribution is -0.147. The Labute approximate surface area is 150 Å². The van der Waals surface area contributed by atoms with E-state index in [4.69, 9.17) is 9.47 Å². The zero-order valence-corrected chi connectivity index (χ0v) is 15.7. The highest BCUT2D eigenvalue weighted by Crippen LogP contribution is 2.32. The summed E-state index contributed by atoms with van der Waals surface area (Å²) in [7, 11) is 3.20. The Bertz CT molecular complexity index is 615. The lowest BCUT2D eigenvalue weighted by Crippen LogP contribution is -2.33. The van der Waals surface area contributed by atoms with Crippen LogP contribution in [0.3, 0.4) is 0 Å². The molecule has 1 aliphatic heterocycles. The van der Waals surface area contributed by atoms with Gasteiger partial charge in [0.05, 0.1) is 19.1 Å². The van der Waals surface area contributed by atoms with Crippen molar-refractivity contribution < 1.29 is 19.1 Å². The maximum atomic E-state index is 12.4. The van der Waals surface area contributed by atoms with Crippen molar-refractivity contribution in [3.8, 4) is 0 Å². The summed E-state index contributed by atoms with van der Waals surface area (Å²) in [6.45, 7) is 4.66. The first-order valence-corrected chi connectivity index (χ1v) is 8.94. The minimum Gasteiger partial charge on any atom is -0.468 e. The molecule has 1 aromatic carbocycles. The van der Waals surface area contributed by atoms with Gasteiger partial charge in [0.1, 0.15) is 6.10 Å². The van der Waals surface area contributed by atoms with Gasteiger partial charge in [-0.05, 0) is 38.7 Å². The Hall–Kier alpha value is -2.04. The van der Waals surface area contributed by atoms with E-state index in [1.54, 1.807) is 11.9 Å². The molecule has 1 saturated heterocycles. The summed E-state index contributed by atoms with van der Waals surface area (Å²) in [6.07, 6.45) is 4.29. The van der Waals surface area contributed by atoms with Gasteiger partial charge in [-0.1, -0.05) is 42.7 Å². The standard InChI is InChI=1S/C20H29NO4/c1-15-9-8-10-16(13-15)20(2,18(22)24-4)12-7-5-6-11-17-14-21(3)19(23)25-17/h8-10,13,17H,5-7,11-12,14H2,1-4H3. The summed E-state index contributed by atoms with van der Waals surface area (Å²) in [5, 5.41) is 0. The van der Waals surface area contributed by atoms with Crippen LogP contribution in [0.25, 0.3) is 0 Å². The van der Waals surface area contributed by atoms with Crippen LogP contribution in [-0.4, -0.2) is 43.8 Å². The Balaban J connectivity index is 1.86. The third kappa shape index (κ3) is 4.74. The molecule has 2 rings (SSSR count). The number of ether oxygens (including phenoxy) is 2. The quantitative estimate of drug-likeness (QED) is 0.530. The topological polar surface area (TPSA) is 55.8 Å². The Morgan fingerprint density at radius 2 is 2.12 bits per heavy atom. The van der Waals surface area contributed by atoms with Crippen LogP contribution in [0.4, 0.5) is 4.79 Å². The highest BCUT2D eigenvalue weighted by Gasteiger charge is 2.36. The van der Waals surface area contributed by atoms with Crippen LogP contribution >= 0.6 is 0 Å².